The Balaban J connectivity index is 3.17. The zero-order valence-corrected chi connectivity index (χ0v) is 3.90. The Hall–Kier alpha value is -0.0600. The quantitative estimate of drug-likeness (QED) is 0.414. The summed E-state index contributed by atoms with van der Waals surface area (Å²) in [6.07, 6.45) is 0. The summed E-state index contributed by atoms with van der Waals surface area (Å²) in [7, 11) is -0.0953. The van der Waals surface area contributed by atoms with E-state index in [2.05, 4.69) is 4.59 Å². The molecule has 0 saturated carbocycles. The summed E-state index contributed by atoms with van der Waals surface area (Å²) < 4.78 is 12.7. The van der Waals surface area contributed by atoms with Gasteiger partial charge in [0, 0.05) is 0 Å². The van der Waals surface area contributed by atoms with Crippen molar-refractivity contribution in [1.82, 2.24) is 0 Å². The van der Waals surface area contributed by atoms with E-state index in [0.29, 0.717) is 6.54 Å². The minimum atomic E-state index is -0.0953. The normalized spacial score (nSPS) is 5.80. The van der Waals surface area contributed by atoms with Crippen molar-refractivity contribution < 1.29 is 4.57 Å². The molecule has 0 atom stereocenters. The van der Waals surface area contributed by atoms with Crippen LogP contribution in [0.15, 0.2) is 0 Å². The van der Waals surface area contributed by atoms with Crippen LogP contribution < -0.4 is 0 Å². The summed E-state index contributed by atoms with van der Waals surface area (Å²) in [6.45, 7) is 2.48. The van der Waals surface area contributed by atoms with E-state index in [1.807, 2.05) is 6.92 Å². The number of hydrogen-bond acceptors (Lipinski definition) is 1. The van der Waals surface area contributed by atoms with Gasteiger partial charge in [-0.3, -0.25) is 0 Å². The predicted octanol–water partition coefficient (Wildman–Crippen LogP) is 1.59. The molecule has 0 aromatic carbocycles. The van der Waals surface area contributed by atoms with Crippen LogP contribution in [0.5, 0.6) is 0 Å². The molecule has 0 rings (SSSR count). The van der Waals surface area contributed by atoms with Gasteiger partial charge in [-0.05, 0) is 0 Å². The van der Waals surface area contributed by atoms with E-state index in [9.17, 15) is 4.57 Å². The summed E-state index contributed by atoms with van der Waals surface area (Å²) >= 11 is 0. The average Bonchev–Trinajstić information content (AvgIpc) is 1.41. The van der Waals surface area contributed by atoms with E-state index >= 15 is 0 Å². The Morgan fingerprint density at radius 3 is 2.60 bits per heavy atom. The minimum absolute atomic E-state index is 0.0953. The van der Waals surface area contributed by atoms with Gasteiger partial charge in [0.15, 0.2) is 0 Å². The number of hydrogen-bond donors (Lipinski definition) is 0. The number of nitrogens with zero attached hydrogens (tertiary/aromatic N) is 1. The Bertz CT molecular complexity index is 91.2. The van der Waals surface area contributed by atoms with E-state index in [4.69, 9.17) is 0 Å². The first-order valence-corrected chi connectivity index (χ1v) is 2.17. The molecule has 0 unspecified atom stereocenters. The van der Waals surface area contributed by atoms with E-state index in [1.54, 1.807) is 0 Å². The molecule has 0 aromatic heterocycles. The third kappa shape index (κ3) is 3.94. The molecular weight excluding hydrogens is 85.0 g/mol. The topological polar surface area (TPSA) is 21.4 Å². The fourth-order valence-corrected chi connectivity index (χ4v) is 0.173. The summed E-state index contributed by atoms with van der Waals surface area (Å²) in [6, 6.07) is 0. The molecule has 0 aliphatic carbocycles. The average molecular weight is 90.0 g/mol. The van der Waals surface area contributed by atoms with Crippen LogP contribution in [-0.2, 0) is 4.57 Å². The van der Waals surface area contributed by atoms with Gasteiger partial charge < -0.3 is 0 Å². The van der Waals surface area contributed by atoms with Crippen LogP contribution in [0.1, 0.15) is 6.92 Å². The van der Waals surface area contributed by atoms with Gasteiger partial charge in [0.25, 0.3) is 0 Å². The molecular formula is C2H5NOP+. The van der Waals surface area contributed by atoms with Gasteiger partial charge >= 0.3 is 30.7 Å². The predicted molar refractivity (Wildman–Crippen MR) is 21.5 cm³/mol. The second-order valence-corrected chi connectivity index (χ2v) is 0.985. The third-order valence-corrected chi connectivity index (χ3v) is 0.597. The molecule has 0 N–H and O–H groups in total. The van der Waals surface area contributed by atoms with E-state index in [-0.39, 0.29) is 8.10 Å². The fourth-order valence-electron chi connectivity index (χ4n) is 0.0577. The maximum absolute atomic E-state index is 9.34. The maximum atomic E-state index is 9.34. The van der Waals surface area contributed by atoms with Crippen LogP contribution in [0, 0.1) is 0 Å². The summed E-state index contributed by atoms with van der Waals surface area (Å²) in [5.74, 6) is 0. The summed E-state index contributed by atoms with van der Waals surface area (Å²) in [5.41, 5.74) is 0. The van der Waals surface area contributed by atoms with Crippen molar-refractivity contribution in [1.29, 1.82) is 0 Å². The Kier molecular flexibility index (Phi) is 3.89. The molecule has 0 bridgehead atoms. The van der Waals surface area contributed by atoms with E-state index < -0.39 is 0 Å². The first-order chi connectivity index (χ1) is 2.41. The van der Waals surface area contributed by atoms with Gasteiger partial charge in [-0.1, -0.05) is 0 Å². The first-order valence-electron chi connectivity index (χ1n) is 1.41. The standard InChI is InChI=1S/C2H5NOP/c1-2-3-5-4/h2H2,1H3/q+1. The van der Waals surface area contributed by atoms with Gasteiger partial charge in [-0.15, -0.1) is 0 Å². The van der Waals surface area contributed by atoms with Crippen molar-refractivity contribution in [3.8, 4) is 0 Å². The van der Waals surface area contributed by atoms with Gasteiger partial charge in [0.2, 0.25) is 0 Å². The van der Waals surface area contributed by atoms with Crippen molar-refractivity contribution in [2.45, 2.75) is 6.92 Å². The van der Waals surface area contributed by atoms with Gasteiger partial charge in [-0.25, -0.2) is 0 Å². The van der Waals surface area contributed by atoms with Crippen LogP contribution in [0.4, 0.5) is 0 Å². The van der Waals surface area contributed by atoms with Crippen LogP contribution in [0.3, 0.4) is 0 Å². The molecule has 0 amide bonds. The van der Waals surface area contributed by atoms with Gasteiger partial charge in [0.1, 0.15) is 0 Å². The first kappa shape index (κ1) is 4.94. The molecule has 0 aromatic rings. The SMILES string of the molecule is CC[N+]#P=O. The Labute approximate surface area is 31.8 Å². The zero-order valence-electron chi connectivity index (χ0n) is 3.01. The molecule has 0 radical (unpaired) electrons. The van der Waals surface area contributed by atoms with Crippen LogP contribution in [-0.4, -0.2) is 6.54 Å². The molecule has 28 valence electrons. The van der Waals surface area contributed by atoms with Crippen molar-refractivity contribution in [3.63, 3.8) is 0 Å². The van der Waals surface area contributed by atoms with E-state index in [0.717, 1.165) is 0 Å². The molecule has 0 heterocycles. The third-order valence-electron chi connectivity index (χ3n) is 0.199. The van der Waals surface area contributed by atoms with Crippen LogP contribution in [0.2, 0.25) is 0 Å². The number of rotatable bonds is 0. The molecule has 0 fully saturated rings. The van der Waals surface area contributed by atoms with Crippen LogP contribution in [0.25, 0.3) is 4.59 Å². The molecule has 3 heteroatoms. The van der Waals surface area contributed by atoms with Gasteiger partial charge in [0.05, 0.1) is 0 Å². The molecule has 5 heavy (non-hydrogen) atoms. The van der Waals surface area contributed by atoms with Crippen molar-refractivity contribution in [3.05, 3.63) is 4.59 Å². The van der Waals surface area contributed by atoms with Crippen molar-refractivity contribution in [2.75, 3.05) is 6.54 Å². The molecule has 0 spiro atoms. The summed E-state index contributed by atoms with van der Waals surface area (Å²) in [5, 5.41) is 0. The van der Waals surface area contributed by atoms with Crippen molar-refractivity contribution in [2.24, 2.45) is 0 Å². The fraction of sp³-hybridized carbons (Fsp3) is 1.00. The molecule has 2 nitrogen and oxygen atoms in total. The summed E-state index contributed by atoms with van der Waals surface area (Å²) in [4.78, 5) is 0. The molecule has 0 aliphatic rings. The molecule has 0 saturated heterocycles. The van der Waals surface area contributed by atoms with Crippen LogP contribution >= 0.6 is 8.10 Å². The zero-order chi connectivity index (χ0) is 4.12. The van der Waals surface area contributed by atoms with Crippen molar-refractivity contribution >= 4 is 8.10 Å². The second kappa shape index (κ2) is 3.94. The molecule has 0 aliphatic heterocycles. The Morgan fingerprint density at radius 1 is 2.00 bits per heavy atom. The van der Waals surface area contributed by atoms with E-state index in [1.165, 1.54) is 0 Å². The Morgan fingerprint density at radius 2 is 2.60 bits per heavy atom. The second-order valence-electron chi connectivity index (χ2n) is 0.539. The van der Waals surface area contributed by atoms with Gasteiger partial charge in [-0.2, -0.15) is 0 Å². The monoisotopic (exact) mass is 90.0 g/mol.